The van der Waals surface area contributed by atoms with Crippen LogP contribution in [0.4, 0.5) is 27.6 Å². The maximum atomic E-state index is 12.8. The molecule has 8 heteroatoms. The molecule has 0 heterocycles. The molecule has 0 spiro atoms. The SMILES string of the molecule is CC(=O)c1ccc(N)c(OC(F)F)c1C(F)(F)F. The van der Waals surface area contributed by atoms with Crippen LogP contribution in [0.5, 0.6) is 5.75 Å². The van der Waals surface area contributed by atoms with Gasteiger partial charge in [-0.05, 0) is 19.1 Å². The lowest BCUT2D eigenvalue weighted by Crippen LogP contribution is -2.17. The third-order valence-corrected chi connectivity index (χ3v) is 2.06. The Hall–Kier alpha value is -1.86. The molecule has 2 N–H and O–H groups in total. The van der Waals surface area contributed by atoms with E-state index < -0.39 is 41.1 Å². The molecule has 0 aromatic heterocycles. The van der Waals surface area contributed by atoms with Crippen molar-refractivity contribution in [1.82, 2.24) is 0 Å². The molecule has 0 unspecified atom stereocenters. The van der Waals surface area contributed by atoms with E-state index in [4.69, 9.17) is 5.73 Å². The van der Waals surface area contributed by atoms with Crippen molar-refractivity contribution in [1.29, 1.82) is 0 Å². The normalized spacial score (nSPS) is 11.7. The standard InChI is InChI=1S/C10H8F5NO2/c1-4(17)5-2-3-6(16)8(18-9(11)12)7(5)10(13,14)15/h2-3,9H,16H2,1H3. The average Bonchev–Trinajstić information content (AvgIpc) is 2.17. The molecule has 0 saturated carbocycles. The van der Waals surface area contributed by atoms with E-state index in [9.17, 15) is 26.7 Å². The molecule has 18 heavy (non-hydrogen) atoms. The summed E-state index contributed by atoms with van der Waals surface area (Å²) >= 11 is 0. The summed E-state index contributed by atoms with van der Waals surface area (Å²) in [6.07, 6.45) is -5.03. The fourth-order valence-electron chi connectivity index (χ4n) is 1.39. The Morgan fingerprint density at radius 3 is 2.28 bits per heavy atom. The third-order valence-electron chi connectivity index (χ3n) is 2.06. The predicted octanol–water partition coefficient (Wildman–Crippen LogP) is 3.09. The van der Waals surface area contributed by atoms with Gasteiger partial charge in [-0.3, -0.25) is 4.79 Å². The lowest BCUT2D eigenvalue weighted by molar-refractivity contribution is -0.142. The van der Waals surface area contributed by atoms with Crippen LogP contribution in [0.2, 0.25) is 0 Å². The van der Waals surface area contributed by atoms with E-state index in [1.807, 2.05) is 0 Å². The van der Waals surface area contributed by atoms with Gasteiger partial charge in [0.25, 0.3) is 0 Å². The molecule has 3 nitrogen and oxygen atoms in total. The van der Waals surface area contributed by atoms with Crippen molar-refractivity contribution >= 4 is 11.5 Å². The Bertz CT molecular complexity index is 470. The van der Waals surface area contributed by atoms with Crippen LogP contribution < -0.4 is 10.5 Å². The number of nitrogen functional groups attached to an aromatic ring is 1. The number of hydrogen-bond donors (Lipinski definition) is 1. The first-order valence-corrected chi connectivity index (χ1v) is 4.60. The number of ketones is 1. The van der Waals surface area contributed by atoms with Gasteiger partial charge in [-0.1, -0.05) is 0 Å². The Labute approximate surface area is 98.3 Å². The minimum absolute atomic E-state index is 0.618. The first-order chi connectivity index (χ1) is 8.14. The number of ether oxygens (including phenoxy) is 1. The number of nitrogens with two attached hydrogens (primary N) is 1. The summed E-state index contributed by atoms with van der Waals surface area (Å²) in [5.74, 6) is -2.16. The highest BCUT2D eigenvalue weighted by molar-refractivity contribution is 5.97. The molecule has 0 amide bonds. The molecule has 0 aliphatic carbocycles. The van der Waals surface area contributed by atoms with Crippen LogP contribution in [0.25, 0.3) is 0 Å². The van der Waals surface area contributed by atoms with Crippen LogP contribution in [0.15, 0.2) is 12.1 Å². The van der Waals surface area contributed by atoms with Crippen molar-refractivity contribution in [2.24, 2.45) is 0 Å². The lowest BCUT2D eigenvalue weighted by Gasteiger charge is -2.17. The second kappa shape index (κ2) is 4.79. The zero-order valence-electron chi connectivity index (χ0n) is 9.02. The number of carbonyl (C=O) groups excluding carboxylic acids is 1. The number of rotatable bonds is 3. The molecule has 1 rings (SSSR count). The first-order valence-electron chi connectivity index (χ1n) is 4.60. The van der Waals surface area contributed by atoms with Crippen LogP contribution >= 0.6 is 0 Å². The summed E-state index contributed by atoms with van der Waals surface area (Å²) in [6, 6.07) is 1.72. The van der Waals surface area contributed by atoms with Crippen LogP contribution in [0.1, 0.15) is 22.8 Å². The molecule has 0 bridgehead atoms. The quantitative estimate of drug-likeness (QED) is 0.521. The van der Waals surface area contributed by atoms with Crippen LogP contribution in [-0.2, 0) is 6.18 Å². The van der Waals surface area contributed by atoms with E-state index in [2.05, 4.69) is 4.74 Å². The smallest absolute Gasteiger partial charge is 0.420 e. The van der Waals surface area contributed by atoms with E-state index in [0.29, 0.717) is 0 Å². The fourth-order valence-corrected chi connectivity index (χ4v) is 1.39. The van der Waals surface area contributed by atoms with Crippen molar-refractivity contribution in [2.75, 3.05) is 5.73 Å². The van der Waals surface area contributed by atoms with Crippen molar-refractivity contribution in [2.45, 2.75) is 19.7 Å². The van der Waals surface area contributed by atoms with Gasteiger partial charge in [0.15, 0.2) is 11.5 Å². The molecule has 0 saturated heterocycles. The highest BCUT2D eigenvalue weighted by atomic mass is 19.4. The number of benzene rings is 1. The van der Waals surface area contributed by atoms with Gasteiger partial charge in [0.2, 0.25) is 0 Å². The van der Waals surface area contributed by atoms with Gasteiger partial charge in [-0.25, -0.2) is 0 Å². The second-order valence-electron chi connectivity index (χ2n) is 3.34. The van der Waals surface area contributed by atoms with Gasteiger partial charge in [0.1, 0.15) is 5.56 Å². The molecular weight excluding hydrogens is 261 g/mol. The van der Waals surface area contributed by atoms with E-state index in [1.165, 1.54) is 0 Å². The van der Waals surface area contributed by atoms with Gasteiger partial charge in [0.05, 0.1) is 5.69 Å². The molecule has 0 fully saturated rings. The minimum Gasteiger partial charge on any atom is -0.432 e. The largest absolute Gasteiger partial charge is 0.432 e. The summed E-state index contributed by atoms with van der Waals surface area (Å²) in [4.78, 5) is 11.1. The van der Waals surface area contributed by atoms with Gasteiger partial charge in [-0.15, -0.1) is 0 Å². The molecule has 0 aliphatic rings. The van der Waals surface area contributed by atoms with E-state index >= 15 is 0 Å². The summed E-state index contributed by atoms with van der Waals surface area (Å²) in [7, 11) is 0. The second-order valence-corrected chi connectivity index (χ2v) is 3.34. The molecule has 0 radical (unpaired) electrons. The predicted molar refractivity (Wildman–Crippen MR) is 52.5 cm³/mol. The third kappa shape index (κ3) is 2.88. The Morgan fingerprint density at radius 2 is 1.89 bits per heavy atom. The molecule has 1 aromatic carbocycles. The molecular formula is C10H8F5NO2. The molecule has 100 valence electrons. The van der Waals surface area contributed by atoms with Gasteiger partial charge in [-0.2, -0.15) is 22.0 Å². The summed E-state index contributed by atoms with van der Waals surface area (Å²) in [6.45, 7) is -2.59. The monoisotopic (exact) mass is 269 g/mol. The summed E-state index contributed by atoms with van der Waals surface area (Å²) in [5, 5.41) is 0. The maximum Gasteiger partial charge on any atom is 0.420 e. The van der Waals surface area contributed by atoms with Crippen LogP contribution in [-0.4, -0.2) is 12.4 Å². The lowest BCUT2D eigenvalue weighted by atomic mass is 10.0. The highest BCUT2D eigenvalue weighted by Crippen LogP contribution is 2.42. The molecule has 0 aliphatic heterocycles. The first kappa shape index (κ1) is 14.2. The number of halogens is 5. The van der Waals surface area contributed by atoms with E-state index in [-0.39, 0.29) is 0 Å². The highest BCUT2D eigenvalue weighted by Gasteiger charge is 2.40. The number of carbonyl (C=O) groups is 1. The minimum atomic E-state index is -5.03. The summed E-state index contributed by atoms with van der Waals surface area (Å²) < 4.78 is 66.2. The zero-order chi connectivity index (χ0) is 14.1. The maximum absolute atomic E-state index is 12.8. The van der Waals surface area contributed by atoms with E-state index in [1.54, 1.807) is 0 Å². The van der Waals surface area contributed by atoms with Gasteiger partial charge >= 0.3 is 12.8 Å². The molecule has 1 aromatic rings. The average molecular weight is 269 g/mol. The van der Waals surface area contributed by atoms with Crippen LogP contribution in [0.3, 0.4) is 0 Å². The van der Waals surface area contributed by atoms with Crippen LogP contribution in [0, 0.1) is 0 Å². The Balaban J connectivity index is 3.56. The number of Topliss-reactive ketones (excluding diaryl/α,β-unsaturated/α-hetero) is 1. The number of alkyl halides is 5. The fraction of sp³-hybridized carbons (Fsp3) is 0.300. The number of anilines is 1. The molecule has 0 atom stereocenters. The Kier molecular flexibility index (Phi) is 3.78. The number of hydrogen-bond acceptors (Lipinski definition) is 3. The van der Waals surface area contributed by atoms with Crippen molar-refractivity contribution in [3.8, 4) is 5.75 Å². The van der Waals surface area contributed by atoms with Crippen molar-refractivity contribution in [3.63, 3.8) is 0 Å². The zero-order valence-corrected chi connectivity index (χ0v) is 9.02. The van der Waals surface area contributed by atoms with Gasteiger partial charge in [0, 0.05) is 5.56 Å². The van der Waals surface area contributed by atoms with Crippen molar-refractivity contribution < 1.29 is 31.5 Å². The van der Waals surface area contributed by atoms with E-state index in [0.717, 1.165) is 19.1 Å². The topological polar surface area (TPSA) is 52.3 Å². The summed E-state index contributed by atoms with van der Waals surface area (Å²) in [5.41, 5.74) is 2.19. The van der Waals surface area contributed by atoms with Crippen molar-refractivity contribution in [3.05, 3.63) is 23.3 Å². The van der Waals surface area contributed by atoms with Gasteiger partial charge < -0.3 is 10.5 Å². The Morgan fingerprint density at radius 1 is 1.33 bits per heavy atom.